The Bertz CT molecular complexity index is 659. The molecular weight excluding hydrogens is 327 g/mol. The lowest BCUT2D eigenvalue weighted by atomic mass is 10.3. The highest BCUT2D eigenvalue weighted by atomic mass is 35.5. The van der Waals surface area contributed by atoms with E-state index in [4.69, 9.17) is 11.6 Å². The molecular formula is C14H14ClFN4OS. The van der Waals surface area contributed by atoms with Gasteiger partial charge in [-0.3, -0.25) is 0 Å². The number of carbonyl (C=O) groups is 1. The number of thiazole rings is 1. The van der Waals surface area contributed by atoms with Gasteiger partial charge in [-0.2, -0.15) is 0 Å². The van der Waals surface area contributed by atoms with E-state index in [1.54, 1.807) is 22.4 Å². The van der Waals surface area contributed by atoms with Crippen LogP contribution < -0.4 is 10.2 Å². The van der Waals surface area contributed by atoms with Crippen molar-refractivity contribution in [3.05, 3.63) is 40.6 Å². The molecule has 0 unspecified atom stereocenters. The molecule has 5 nitrogen and oxygen atoms in total. The molecule has 1 N–H and O–H groups in total. The van der Waals surface area contributed by atoms with Gasteiger partial charge in [-0.25, -0.2) is 14.2 Å². The minimum absolute atomic E-state index is 0.0971. The van der Waals surface area contributed by atoms with Crippen molar-refractivity contribution in [3.8, 4) is 0 Å². The third-order valence-corrected chi connectivity index (χ3v) is 4.49. The largest absolute Gasteiger partial charge is 0.345 e. The zero-order chi connectivity index (χ0) is 15.5. The molecule has 3 rings (SSSR count). The van der Waals surface area contributed by atoms with Crippen molar-refractivity contribution in [1.82, 2.24) is 9.88 Å². The lowest BCUT2D eigenvalue weighted by molar-refractivity contribution is 0.208. The molecule has 22 heavy (non-hydrogen) atoms. The average molecular weight is 341 g/mol. The maximum Gasteiger partial charge on any atom is 0.322 e. The highest BCUT2D eigenvalue weighted by Crippen LogP contribution is 2.21. The molecule has 0 bridgehead atoms. The third-order valence-electron chi connectivity index (χ3n) is 3.43. The van der Waals surface area contributed by atoms with Gasteiger partial charge in [-0.05, 0) is 18.2 Å². The van der Waals surface area contributed by atoms with Gasteiger partial charge in [0, 0.05) is 42.8 Å². The molecule has 116 valence electrons. The molecule has 1 aromatic carbocycles. The molecule has 0 saturated carbocycles. The third kappa shape index (κ3) is 3.31. The van der Waals surface area contributed by atoms with Gasteiger partial charge in [-0.1, -0.05) is 11.6 Å². The SMILES string of the molecule is O=C(Nc1cc(Cl)ccc1F)N1CCN(c2nccs2)CC1. The summed E-state index contributed by atoms with van der Waals surface area (Å²) in [5, 5.41) is 5.83. The second-order valence-electron chi connectivity index (χ2n) is 4.84. The molecule has 0 atom stereocenters. The number of rotatable bonds is 2. The standard InChI is InChI=1S/C14H14ClFN4OS/c15-10-1-2-11(16)12(9-10)18-13(21)19-4-6-20(7-5-19)14-17-3-8-22-14/h1-3,8-9H,4-7H2,(H,18,21). The summed E-state index contributed by atoms with van der Waals surface area (Å²) in [6.07, 6.45) is 1.76. The molecule has 8 heteroatoms. The summed E-state index contributed by atoms with van der Waals surface area (Å²) in [4.78, 5) is 20.2. The number of carbonyl (C=O) groups excluding carboxylic acids is 1. The lowest BCUT2D eigenvalue weighted by Gasteiger charge is -2.34. The van der Waals surface area contributed by atoms with Crippen LogP contribution in [0, 0.1) is 5.82 Å². The average Bonchev–Trinajstić information content (AvgIpc) is 3.05. The van der Waals surface area contributed by atoms with E-state index >= 15 is 0 Å². The number of aromatic nitrogens is 1. The highest BCUT2D eigenvalue weighted by Gasteiger charge is 2.23. The van der Waals surface area contributed by atoms with Crippen molar-refractivity contribution in [2.24, 2.45) is 0 Å². The summed E-state index contributed by atoms with van der Waals surface area (Å²) in [7, 11) is 0. The van der Waals surface area contributed by atoms with Crippen molar-refractivity contribution in [2.45, 2.75) is 0 Å². The lowest BCUT2D eigenvalue weighted by Crippen LogP contribution is -2.50. The van der Waals surface area contributed by atoms with Crippen LogP contribution in [0.5, 0.6) is 0 Å². The van der Waals surface area contributed by atoms with Gasteiger partial charge in [0.05, 0.1) is 5.69 Å². The van der Waals surface area contributed by atoms with Crippen molar-refractivity contribution >= 4 is 39.8 Å². The fourth-order valence-corrected chi connectivity index (χ4v) is 3.13. The van der Waals surface area contributed by atoms with E-state index in [2.05, 4.69) is 15.2 Å². The first kappa shape index (κ1) is 15.1. The highest BCUT2D eigenvalue weighted by molar-refractivity contribution is 7.13. The van der Waals surface area contributed by atoms with E-state index in [-0.39, 0.29) is 11.7 Å². The number of urea groups is 1. The molecule has 2 heterocycles. The van der Waals surface area contributed by atoms with Gasteiger partial charge in [0.1, 0.15) is 5.82 Å². The molecule has 1 aliphatic heterocycles. The van der Waals surface area contributed by atoms with E-state index in [1.165, 1.54) is 18.2 Å². The normalized spacial score (nSPS) is 15.0. The van der Waals surface area contributed by atoms with Crippen LogP contribution in [0.3, 0.4) is 0 Å². The van der Waals surface area contributed by atoms with Crippen LogP contribution in [0.1, 0.15) is 0 Å². The predicted molar refractivity (Wildman–Crippen MR) is 86.3 cm³/mol. The number of amides is 2. The summed E-state index contributed by atoms with van der Waals surface area (Å²) in [5.74, 6) is -0.501. The number of hydrogen-bond donors (Lipinski definition) is 1. The number of anilines is 2. The summed E-state index contributed by atoms with van der Waals surface area (Å²) >= 11 is 7.39. The van der Waals surface area contributed by atoms with E-state index in [0.717, 1.165) is 5.13 Å². The van der Waals surface area contributed by atoms with Crippen LogP contribution in [0.15, 0.2) is 29.8 Å². The fourth-order valence-electron chi connectivity index (χ4n) is 2.26. The molecule has 0 radical (unpaired) electrons. The van der Waals surface area contributed by atoms with Crippen molar-refractivity contribution < 1.29 is 9.18 Å². The first-order chi connectivity index (χ1) is 10.6. The topological polar surface area (TPSA) is 48.5 Å². The zero-order valence-electron chi connectivity index (χ0n) is 11.6. The first-order valence-electron chi connectivity index (χ1n) is 6.79. The van der Waals surface area contributed by atoms with Gasteiger partial charge in [0.2, 0.25) is 0 Å². The molecule has 1 saturated heterocycles. The summed E-state index contributed by atoms with van der Waals surface area (Å²) in [6.45, 7) is 2.54. The summed E-state index contributed by atoms with van der Waals surface area (Å²) in [6, 6.07) is 3.76. The van der Waals surface area contributed by atoms with Gasteiger partial charge >= 0.3 is 6.03 Å². The van der Waals surface area contributed by atoms with Crippen LogP contribution in [0.2, 0.25) is 5.02 Å². The molecule has 1 aromatic heterocycles. The quantitative estimate of drug-likeness (QED) is 0.912. The van der Waals surface area contributed by atoms with Crippen LogP contribution in [0.4, 0.5) is 20.0 Å². The Kier molecular flexibility index (Phi) is 4.44. The summed E-state index contributed by atoms with van der Waals surface area (Å²) in [5.41, 5.74) is 0.0971. The van der Waals surface area contributed by atoms with Gasteiger partial charge in [0.15, 0.2) is 5.13 Å². The smallest absolute Gasteiger partial charge is 0.322 e. The van der Waals surface area contributed by atoms with Crippen LogP contribution in [-0.4, -0.2) is 42.1 Å². The molecule has 2 aromatic rings. The van der Waals surface area contributed by atoms with Crippen molar-refractivity contribution in [3.63, 3.8) is 0 Å². The zero-order valence-corrected chi connectivity index (χ0v) is 13.2. The van der Waals surface area contributed by atoms with Crippen LogP contribution in [0.25, 0.3) is 0 Å². The Balaban J connectivity index is 1.59. The summed E-state index contributed by atoms with van der Waals surface area (Å²) < 4.78 is 13.6. The number of piperazine rings is 1. The molecule has 0 spiro atoms. The van der Waals surface area contributed by atoms with E-state index in [9.17, 15) is 9.18 Å². The van der Waals surface area contributed by atoms with Gasteiger partial charge in [0.25, 0.3) is 0 Å². The predicted octanol–water partition coefficient (Wildman–Crippen LogP) is 3.29. The Morgan fingerprint density at radius 1 is 1.32 bits per heavy atom. The molecule has 2 amide bonds. The Morgan fingerprint density at radius 2 is 2.09 bits per heavy atom. The number of hydrogen-bond acceptors (Lipinski definition) is 4. The van der Waals surface area contributed by atoms with Crippen LogP contribution >= 0.6 is 22.9 Å². The minimum atomic E-state index is -0.501. The van der Waals surface area contributed by atoms with E-state index < -0.39 is 5.82 Å². The van der Waals surface area contributed by atoms with Gasteiger partial charge < -0.3 is 15.1 Å². The van der Waals surface area contributed by atoms with Crippen molar-refractivity contribution in [1.29, 1.82) is 0 Å². The number of nitrogens with one attached hydrogen (secondary N) is 1. The monoisotopic (exact) mass is 340 g/mol. The first-order valence-corrected chi connectivity index (χ1v) is 8.04. The number of benzene rings is 1. The van der Waals surface area contributed by atoms with Crippen LogP contribution in [-0.2, 0) is 0 Å². The second-order valence-corrected chi connectivity index (χ2v) is 6.15. The number of nitrogens with zero attached hydrogens (tertiary/aromatic N) is 3. The van der Waals surface area contributed by atoms with E-state index in [0.29, 0.717) is 31.2 Å². The molecule has 1 fully saturated rings. The maximum atomic E-state index is 13.6. The van der Waals surface area contributed by atoms with Crippen molar-refractivity contribution in [2.75, 3.05) is 36.4 Å². The fraction of sp³-hybridized carbons (Fsp3) is 0.286. The number of halogens is 2. The molecule has 0 aliphatic carbocycles. The Morgan fingerprint density at radius 3 is 2.77 bits per heavy atom. The van der Waals surface area contributed by atoms with Gasteiger partial charge in [-0.15, -0.1) is 11.3 Å². The van der Waals surface area contributed by atoms with E-state index in [1.807, 2.05) is 5.38 Å². The Labute approximate surface area is 136 Å². The maximum absolute atomic E-state index is 13.6. The molecule has 1 aliphatic rings. The Hall–Kier alpha value is -1.86. The minimum Gasteiger partial charge on any atom is -0.345 e. The second kappa shape index (κ2) is 6.50.